The molecule has 1 fully saturated rings. The number of carbonyl (C=O) groups is 2. The SMILES string of the molecule is COC(=O)C1CCN(C(=O)NCC2CCc3ccccc32)CC1C. The minimum Gasteiger partial charge on any atom is -0.469 e. The van der Waals surface area contributed by atoms with Crippen LogP contribution in [0.15, 0.2) is 24.3 Å². The van der Waals surface area contributed by atoms with Crippen molar-refractivity contribution in [2.24, 2.45) is 11.8 Å². The zero-order valence-electron chi connectivity index (χ0n) is 14.5. The van der Waals surface area contributed by atoms with E-state index in [2.05, 4.69) is 29.6 Å². The lowest BCUT2D eigenvalue weighted by Gasteiger charge is -2.35. The smallest absolute Gasteiger partial charge is 0.317 e. The molecule has 5 nitrogen and oxygen atoms in total. The molecule has 0 aromatic heterocycles. The lowest BCUT2D eigenvalue weighted by Crippen LogP contribution is -2.49. The van der Waals surface area contributed by atoms with Crippen LogP contribution in [0.5, 0.6) is 0 Å². The largest absolute Gasteiger partial charge is 0.469 e. The Kier molecular flexibility index (Phi) is 5.07. The number of fused-ring (bicyclic) bond motifs is 1. The highest BCUT2D eigenvalue weighted by molar-refractivity contribution is 5.76. The summed E-state index contributed by atoms with van der Waals surface area (Å²) in [5, 5.41) is 3.08. The predicted octanol–water partition coefficient (Wildman–Crippen LogP) is 2.56. The molecule has 1 saturated heterocycles. The van der Waals surface area contributed by atoms with Crippen LogP contribution in [0.25, 0.3) is 0 Å². The zero-order chi connectivity index (χ0) is 17.1. The van der Waals surface area contributed by atoms with E-state index >= 15 is 0 Å². The molecular weight excluding hydrogens is 304 g/mol. The monoisotopic (exact) mass is 330 g/mol. The Labute approximate surface area is 143 Å². The Bertz CT molecular complexity index is 616. The summed E-state index contributed by atoms with van der Waals surface area (Å²) in [6, 6.07) is 8.47. The van der Waals surface area contributed by atoms with Gasteiger partial charge < -0.3 is 15.0 Å². The maximum atomic E-state index is 12.5. The van der Waals surface area contributed by atoms with Crippen molar-refractivity contribution < 1.29 is 14.3 Å². The first-order chi connectivity index (χ1) is 11.6. The lowest BCUT2D eigenvalue weighted by molar-refractivity contribution is -0.148. The number of nitrogens with zero attached hydrogens (tertiary/aromatic N) is 1. The second-order valence-corrected chi connectivity index (χ2v) is 6.96. The highest BCUT2D eigenvalue weighted by atomic mass is 16.5. The number of aryl methyl sites for hydroxylation is 1. The molecule has 1 aliphatic heterocycles. The molecule has 0 spiro atoms. The van der Waals surface area contributed by atoms with Gasteiger partial charge in [-0.2, -0.15) is 0 Å². The van der Waals surface area contributed by atoms with E-state index in [4.69, 9.17) is 4.74 Å². The first kappa shape index (κ1) is 16.8. The number of piperidine rings is 1. The van der Waals surface area contributed by atoms with Gasteiger partial charge in [-0.05, 0) is 36.3 Å². The van der Waals surface area contributed by atoms with Gasteiger partial charge >= 0.3 is 12.0 Å². The maximum Gasteiger partial charge on any atom is 0.317 e. The molecule has 1 aliphatic carbocycles. The molecule has 5 heteroatoms. The minimum atomic E-state index is -0.162. The highest BCUT2D eigenvalue weighted by Crippen LogP contribution is 2.32. The summed E-state index contributed by atoms with van der Waals surface area (Å²) in [6.45, 7) is 3.90. The summed E-state index contributed by atoms with van der Waals surface area (Å²) in [5.74, 6) is 0.283. The molecule has 0 saturated carbocycles. The number of nitrogens with one attached hydrogen (secondary N) is 1. The van der Waals surface area contributed by atoms with E-state index in [-0.39, 0.29) is 23.8 Å². The van der Waals surface area contributed by atoms with Crippen molar-refractivity contribution in [2.75, 3.05) is 26.7 Å². The van der Waals surface area contributed by atoms with Crippen LogP contribution in [-0.2, 0) is 16.0 Å². The summed E-state index contributed by atoms with van der Waals surface area (Å²) in [7, 11) is 1.42. The van der Waals surface area contributed by atoms with E-state index in [9.17, 15) is 9.59 Å². The fourth-order valence-corrected chi connectivity index (χ4v) is 4.01. The number of amides is 2. The van der Waals surface area contributed by atoms with Gasteiger partial charge in [0, 0.05) is 25.6 Å². The zero-order valence-corrected chi connectivity index (χ0v) is 14.5. The number of ether oxygens (including phenoxy) is 1. The number of urea groups is 1. The van der Waals surface area contributed by atoms with E-state index < -0.39 is 0 Å². The Morgan fingerprint density at radius 2 is 2.08 bits per heavy atom. The molecular formula is C19H26N2O3. The third-order valence-electron chi connectivity index (χ3n) is 5.45. The summed E-state index contributed by atoms with van der Waals surface area (Å²) in [5.41, 5.74) is 2.78. The second kappa shape index (κ2) is 7.24. The van der Waals surface area contributed by atoms with Gasteiger partial charge in [0.05, 0.1) is 13.0 Å². The van der Waals surface area contributed by atoms with E-state index in [1.165, 1.54) is 18.2 Å². The number of hydrogen-bond acceptors (Lipinski definition) is 3. The summed E-state index contributed by atoms with van der Waals surface area (Å²) < 4.78 is 4.85. The van der Waals surface area contributed by atoms with Crippen LogP contribution in [-0.4, -0.2) is 43.6 Å². The van der Waals surface area contributed by atoms with Crippen LogP contribution in [0, 0.1) is 11.8 Å². The van der Waals surface area contributed by atoms with Gasteiger partial charge in [-0.3, -0.25) is 4.79 Å². The first-order valence-electron chi connectivity index (χ1n) is 8.78. The van der Waals surface area contributed by atoms with Crippen molar-refractivity contribution in [3.8, 4) is 0 Å². The molecule has 1 aromatic carbocycles. The fraction of sp³-hybridized carbons (Fsp3) is 0.579. The number of rotatable bonds is 3. The maximum absolute atomic E-state index is 12.5. The number of benzene rings is 1. The fourth-order valence-electron chi connectivity index (χ4n) is 4.01. The van der Waals surface area contributed by atoms with Crippen molar-refractivity contribution in [3.63, 3.8) is 0 Å². The first-order valence-corrected chi connectivity index (χ1v) is 8.78. The topological polar surface area (TPSA) is 58.6 Å². The van der Waals surface area contributed by atoms with Gasteiger partial charge in [0.15, 0.2) is 0 Å². The lowest BCUT2D eigenvalue weighted by atomic mass is 9.87. The van der Waals surface area contributed by atoms with Gasteiger partial charge in [-0.15, -0.1) is 0 Å². The van der Waals surface area contributed by atoms with Crippen LogP contribution in [0.4, 0.5) is 4.79 Å². The summed E-state index contributed by atoms with van der Waals surface area (Å²) in [4.78, 5) is 26.0. The van der Waals surface area contributed by atoms with Crippen LogP contribution >= 0.6 is 0 Å². The van der Waals surface area contributed by atoms with E-state index in [1.54, 1.807) is 0 Å². The van der Waals surface area contributed by atoms with Crippen molar-refractivity contribution in [1.29, 1.82) is 0 Å². The van der Waals surface area contributed by atoms with Crippen molar-refractivity contribution in [2.45, 2.75) is 32.1 Å². The van der Waals surface area contributed by atoms with Gasteiger partial charge in [0.2, 0.25) is 0 Å². The van der Waals surface area contributed by atoms with Gasteiger partial charge in [0.1, 0.15) is 0 Å². The highest BCUT2D eigenvalue weighted by Gasteiger charge is 2.34. The minimum absolute atomic E-state index is 0.0189. The van der Waals surface area contributed by atoms with Gasteiger partial charge in [-0.1, -0.05) is 31.2 Å². The Hall–Kier alpha value is -2.04. The number of hydrogen-bond donors (Lipinski definition) is 1. The van der Waals surface area contributed by atoms with Crippen molar-refractivity contribution in [3.05, 3.63) is 35.4 Å². The van der Waals surface area contributed by atoms with Gasteiger partial charge in [0.25, 0.3) is 0 Å². The van der Waals surface area contributed by atoms with Crippen LogP contribution in [0.3, 0.4) is 0 Å². The van der Waals surface area contributed by atoms with Crippen LogP contribution in [0.2, 0.25) is 0 Å². The Morgan fingerprint density at radius 1 is 1.29 bits per heavy atom. The van der Waals surface area contributed by atoms with Gasteiger partial charge in [-0.25, -0.2) is 4.79 Å². The number of carbonyl (C=O) groups excluding carboxylic acids is 2. The molecule has 3 atom stereocenters. The van der Waals surface area contributed by atoms with E-state index in [0.29, 0.717) is 32.0 Å². The summed E-state index contributed by atoms with van der Waals surface area (Å²) >= 11 is 0. The molecule has 24 heavy (non-hydrogen) atoms. The van der Waals surface area contributed by atoms with E-state index in [1.807, 2.05) is 11.8 Å². The normalized spacial score (nSPS) is 25.9. The molecule has 0 radical (unpaired) electrons. The Balaban J connectivity index is 1.51. The molecule has 3 rings (SSSR count). The number of esters is 1. The molecule has 1 N–H and O–H groups in total. The van der Waals surface area contributed by atoms with Crippen LogP contribution in [0.1, 0.15) is 36.8 Å². The predicted molar refractivity (Wildman–Crippen MR) is 91.8 cm³/mol. The van der Waals surface area contributed by atoms with E-state index in [0.717, 1.165) is 12.8 Å². The number of methoxy groups -OCH3 is 1. The third kappa shape index (κ3) is 3.40. The third-order valence-corrected chi connectivity index (χ3v) is 5.45. The molecule has 1 aromatic rings. The average Bonchev–Trinajstić information content (AvgIpc) is 3.02. The molecule has 2 aliphatic rings. The van der Waals surface area contributed by atoms with Crippen LogP contribution < -0.4 is 5.32 Å². The average molecular weight is 330 g/mol. The molecule has 1 heterocycles. The molecule has 2 amide bonds. The van der Waals surface area contributed by atoms with Crippen molar-refractivity contribution in [1.82, 2.24) is 10.2 Å². The number of likely N-dealkylation sites (tertiary alicyclic amines) is 1. The Morgan fingerprint density at radius 3 is 2.83 bits per heavy atom. The second-order valence-electron chi connectivity index (χ2n) is 6.96. The van der Waals surface area contributed by atoms with Crippen molar-refractivity contribution >= 4 is 12.0 Å². The standard InChI is InChI=1S/C19H26N2O3/c1-13-12-21(10-9-16(13)18(22)24-2)19(23)20-11-15-8-7-14-5-3-4-6-17(14)15/h3-6,13,15-16H,7-12H2,1-2H3,(H,20,23). The quantitative estimate of drug-likeness (QED) is 0.867. The molecule has 3 unspecified atom stereocenters. The molecule has 0 bridgehead atoms. The molecule has 130 valence electrons. The summed E-state index contributed by atoms with van der Waals surface area (Å²) in [6.07, 6.45) is 2.87.